The lowest BCUT2D eigenvalue weighted by atomic mass is 10.1. The first-order chi connectivity index (χ1) is 8.69. The van der Waals surface area contributed by atoms with Crippen LogP contribution in [0.25, 0.3) is 0 Å². The van der Waals surface area contributed by atoms with E-state index in [0.717, 1.165) is 14.9 Å². The first-order valence-electron chi connectivity index (χ1n) is 5.57. The zero-order valence-corrected chi connectivity index (χ0v) is 12.0. The molecule has 2 aromatic carbocycles. The molecule has 0 spiro atoms. The van der Waals surface area contributed by atoms with E-state index in [1.165, 1.54) is 12.1 Å². The van der Waals surface area contributed by atoms with E-state index in [2.05, 4.69) is 15.9 Å². The van der Waals surface area contributed by atoms with Crippen molar-refractivity contribution < 1.29 is 4.39 Å². The van der Waals surface area contributed by atoms with Gasteiger partial charge in [-0.2, -0.15) is 0 Å². The van der Waals surface area contributed by atoms with Crippen molar-refractivity contribution in [2.24, 2.45) is 5.73 Å². The number of hydrogen-bond donors (Lipinski definition) is 1. The van der Waals surface area contributed by atoms with Gasteiger partial charge in [-0.1, -0.05) is 28.1 Å². The molecule has 0 amide bonds. The summed E-state index contributed by atoms with van der Waals surface area (Å²) in [4.78, 5) is 1.15. The number of rotatable bonds is 4. The monoisotopic (exact) mass is 325 g/mol. The lowest BCUT2D eigenvalue weighted by Crippen LogP contribution is -2.09. The van der Waals surface area contributed by atoms with E-state index in [-0.39, 0.29) is 11.1 Å². The molecule has 0 heterocycles. The molecule has 0 aliphatic heterocycles. The summed E-state index contributed by atoms with van der Waals surface area (Å²) in [6.07, 6.45) is 0. The average Bonchev–Trinajstić information content (AvgIpc) is 2.39. The van der Waals surface area contributed by atoms with Gasteiger partial charge in [0.05, 0.1) is 0 Å². The Morgan fingerprint density at radius 1 is 1.06 bits per heavy atom. The van der Waals surface area contributed by atoms with E-state index in [0.29, 0.717) is 6.54 Å². The highest BCUT2D eigenvalue weighted by Gasteiger charge is 2.11. The molecule has 0 aliphatic rings. The van der Waals surface area contributed by atoms with Crippen LogP contribution in [0.3, 0.4) is 0 Å². The molecule has 0 bridgehead atoms. The normalized spacial score (nSPS) is 12.4. The molecule has 0 aliphatic carbocycles. The van der Waals surface area contributed by atoms with Gasteiger partial charge in [-0.25, -0.2) is 4.39 Å². The van der Waals surface area contributed by atoms with Gasteiger partial charge in [-0.15, -0.1) is 11.8 Å². The van der Waals surface area contributed by atoms with Crippen molar-refractivity contribution in [2.45, 2.75) is 10.1 Å². The maximum Gasteiger partial charge on any atom is 0.123 e. The van der Waals surface area contributed by atoms with Crippen LogP contribution in [0, 0.1) is 5.82 Å². The Morgan fingerprint density at radius 3 is 2.22 bits per heavy atom. The highest BCUT2D eigenvalue weighted by Crippen LogP contribution is 2.34. The van der Waals surface area contributed by atoms with Crippen molar-refractivity contribution in [3.05, 3.63) is 64.4 Å². The fraction of sp³-hybridized carbons (Fsp3) is 0.143. The van der Waals surface area contributed by atoms with Gasteiger partial charge >= 0.3 is 0 Å². The number of benzene rings is 2. The van der Waals surface area contributed by atoms with E-state index in [9.17, 15) is 4.39 Å². The van der Waals surface area contributed by atoms with E-state index in [1.807, 2.05) is 24.3 Å². The molecular weight excluding hydrogens is 313 g/mol. The van der Waals surface area contributed by atoms with Gasteiger partial charge in [0.15, 0.2) is 0 Å². The molecule has 0 radical (unpaired) electrons. The number of nitrogens with two attached hydrogens (primary N) is 1. The summed E-state index contributed by atoms with van der Waals surface area (Å²) in [5, 5.41) is 0.145. The third-order valence-electron chi connectivity index (χ3n) is 2.55. The van der Waals surface area contributed by atoms with Gasteiger partial charge in [-0.05, 0) is 42.0 Å². The largest absolute Gasteiger partial charge is 0.329 e. The van der Waals surface area contributed by atoms with E-state index >= 15 is 0 Å². The molecule has 18 heavy (non-hydrogen) atoms. The lowest BCUT2D eigenvalue weighted by molar-refractivity contribution is 0.627. The molecule has 4 heteroatoms. The van der Waals surface area contributed by atoms with Crippen LogP contribution < -0.4 is 5.73 Å². The van der Waals surface area contributed by atoms with Crippen LogP contribution in [0.4, 0.5) is 4.39 Å². The molecule has 0 saturated carbocycles. The van der Waals surface area contributed by atoms with Gasteiger partial charge < -0.3 is 5.73 Å². The minimum absolute atomic E-state index is 0.145. The minimum Gasteiger partial charge on any atom is -0.329 e. The van der Waals surface area contributed by atoms with Crippen LogP contribution in [0.5, 0.6) is 0 Å². The number of thioether (sulfide) groups is 1. The third-order valence-corrected chi connectivity index (χ3v) is 4.37. The Balaban J connectivity index is 2.14. The van der Waals surface area contributed by atoms with Gasteiger partial charge in [0, 0.05) is 21.2 Å². The van der Waals surface area contributed by atoms with Crippen molar-refractivity contribution in [1.29, 1.82) is 0 Å². The molecule has 0 fully saturated rings. The summed E-state index contributed by atoms with van der Waals surface area (Å²) in [5.41, 5.74) is 6.84. The van der Waals surface area contributed by atoms with Crippen molar-refractivity contribution in [3.63, 3.8) is 0 Å². The van der Waals surface area contributed by atoms with Crippen molar-refractivity contribution >= 4 is 27.7 Å². The summed E-state index contributed by atoms with van der Waals surface area (Å²) in [6, 6.07) is 14.6. The van der Waals surface area contributed by atoms with Crippen LogP contribution in [0.1, 0.15) is 10.8 Å². The molecule has 2 rings (SSSR count). The first-order valence-corrected chi connectivity index (χ1v) is 7.24. The van der Waals surface area contributed by atoms with Crippen molar-refractivity contribution in [1.82, 2.24) is 0 Å². The highest BCUT2D eigenvalue weighted by atomic mass is 79.9. The lowest BCUT2D eigenvalue weighted by Gasteiger charge is -2.14. The summed E-state index contributed by atoms with van der Waals surface area (Å²) >= 11 is 5.09. The number of halogens is 2. The smallest absolute Gasteiger partial charge is 0.123 e. The summed E-state index contributed by atoms with van der Waals surface area (Å²) < 4.78 is 13.9. The molecule has 1 unspecified atom stereocenters. The molecule has 94 valence electrons. The predicted octanol–water partition coefficient (Wildman–Crippen LogP) is 4.38. The quantitative estimate of drug-likeness (QED) is 0.844. The van der Waals surface area contributed by atoms with Gasteiger partial charge in [0.1, 0.15) is 5.82 Å². The molecule has 2 N–H and O–H groups in total. The molecule has 0 saturated heterocycles. The molecule has 1 atom stereocenters. The zero-order valence-electron chi connectivity index (χ0n) is 9.64. The van der Waals surface area contributed by atoms with E-state index in [1.54, 1.807) is 23.9 Å². The van der Waals surface area contributed by atoms with Gasteiger partial charge in [0.2, 0.25) is 0 Å². The Morgan fingerprint density at radius 2 is 1.67 bits per heavy atom. The van der Waals surface area contributed by atoms with Crippen LogP contribution in [0.2, 0.25) is 0 Å². The molecule has 2 aromatic rings. The Labute approximate surface area is 119 Å². The Kier molecular flexibility index (Phi) is 4.80. The van der Waals surface area contributed by atoms with E-state index in [4.69, 9.17) is 5.73 Å². The Bertz CT molecular complexity index is 498. The third kappa shape index (κ3) is 3.57. The van der Waals surface area contributed by atoms with Crippen LogP contribution in [-0.2, 0) is 0 Å². The summed E-state index contributed by atoms with van der Waals surface area (Å²) in [6.45, 7) is 0.520. The predicted molar refractivity (Wildman–Crippen MR) is 78.2 cm³/mol. The van der Waals surface area contributed by atoms with Gasteiger partial charge in [-0.3, -0.25) is 0 Å². The van der Waals surface area contributed by atoms with E-state index < -0.39 is 0 Å². The maximum atomic E-state index is 12.9. The Hall–Kier alpha value is -0.840. The molecule has 0 aromatic heterocycles. The second-order valence-electron chi connectivity index (χ2n) is 3.85. The maximum absolute atomic E-state index is 12.9. The molecular formula is C14H13BrFNS. The number of hydrogen-bond acceptors (Lipinski definition) is 2. The zero-order chi connectivity index (χ0) is 13.0. The highest BCUT2D eigenvalue weighted by molar-refractivity contribution is 9.10. The fourth-order valence-electron chi connectivity index (χ4n) is 1.61. The SMILES string of the molecule is NCC(Sc1ccc(Br)cc1)c1ccc(F)cc1. The van der Waals surface area contributed by atoms with Crippen LogP contribution >= 0.6 is 27.7 Å². The summed E-state index contributed by atoms with van der Waals surface area (Å²) in [7, 11) is 0. The van der Waals surface area contributed by atoms with Crippen molar-refractivity contribution in [2.75, 3.05) is 6.54 Å². The average molecular weight is 326 g/mol. The van der Waals surface area contributed by atoms with Crippen LogP contribution in [0.15, 0.2) is 57.9 Å². The minimum atomic E-state index is -0.219. The van der Waals surface area contributed by atoms with Crippen molar-refractivity contribution in [3.8, 4) is 0 Å². The standard InChI is InChI=1S/C14H13BrFNS/c15-11-3-7-13(8-4-11)18-14(9-17)10-1-5-12(16)6-2-10/h1-8,14H,9,17H2. The van der Waals surface area contributed by atoms with Gasteiger partial charge in [0.25, 0.3) is 0 Å². The second-order valence-corrected chi connectivity index (χ2v) is 6.04. The fourth-order valence-corrected chi connectivity index (χ4v) is 2.88. The summed E-state index contributed by atoms with van der Waals surface area (Å²) in [5.74, 6) is -0.219. The second kappa shape index (κ2) is 6.36. The first kappa shape index (κ1) is 13.6. The topological polar surface area (TPSA) is 26.0 Å². The van der Waals surface area contributed by atoms with Crippen LogP contribution in [-0.4, -0.2) is 6.54 Å². The molecule has 1 nitrogen and oxygen atoms in total.